The summed E-state index contributed by atoms with van der Waals surface area (Å²) in [5.41, 5.74) is 2.83. The number of amides is 1. The van der Waals surface area contributed by atoms with E-state index in [1.165, 1.54) is 6.20 Å². The molecule has 3 aromatic heterocycles. The summed E-state index contributed by atoms with van der Waals surface area (Å²) in [6.45, 7) is 1.14. The second-order valence-corrected chi connectivity index (χ2v) is 8.65. The van der Waals surface area contributed by atoms with Gasteiger partial charge in [-0.25, -0.2) is 9.97 Å². The Labute approximate surface area is 198 Å². The predicted molar refractivity (Wildman–Crippen MR) is 124 cm³/mol. The van der Waals surface area contributed by atoms with Gasteiger partial charge in [0.25, 0.3) is 5.91 Å². The Morgan fingerprint density at radius 3 is 2.59 bits per heavy atom. The summed E-state index contributed by atoms with van der Waals surface area (Å²) in [5.74, 6) is -0.185. The molecule has 0 fully saturated rings. The van der Waals surface area contributed by atoms with Gasteiger partial charge in [0.1, 0.15) is 23.4 Å². The Kier molecular flexibility index (Phi) is 6.46. The third-order valence-electron chi connectivity index (χ3n) is 5.18. The number of nitrogens with zero attached hydrogens (tertiary/aromatic N) is 5. The molecule has 0 aliphatic rings. The largest absolute Gasteiger partial charge is 0.406 e. The maximum atomic E-state index is 13.4. The molecular weight excluding hydrogens is 469 g/mol. The smallest absolute Gasteiger partial charge is 0.345 e. The number of halogens is 4. The lowest BCUT2D eigenvalue weighted by Crippen LogP contribution is -2.24. The standard InChI is InChI=1S/C23H22ClF3N6O/c1-13-4-6-15(9-28-13)22(34)29-10-18-30-19-16-8-14(11-32(2)3)5-7-17(16)33(12-23(25,26)27)20(19)21(24)31-18/h4-9H,10-12H2,1-3H3,(H,29,34). The van der Waals surface area contributed by atoms with Crippen LogP contribution < -0.4 is 5.32 Å². The number of fused-ring (bicyclic) bond motifs is 3. The summed E-state index contributed by atoms with van der Waals surface area (Å²) in [5, 5.41) is 3.13. The first-order valence-corrected chi connectivity index (χ1v) is 10.8. The fourth-order valence-corrected chi connectivity index (χ4v) is 4.07. The van der Waals surface area contributed by atoms with Gasteiger partial charge < -0.3 is 14.8 Å². The third-order valence-corrected chi connectivity index (χ3v) is 5.44. The van der Waals surface area contributed by atoms with Gasteiger partial charge in [-0.2, -0.15) is 13.2 Å². The van der Waals surface area contributed by atoms with Crippen LogP contribution in [-0.4, -0.2) is 50.6 Å². The highest BCUT2D eigenvalue weighted by molar-refractivity contribution is 6.34. The molecule has 178 valence electrons. The minimum Gasteiger partial charge on any atom is -0.345 e. The summed E-state index contributed by atoms with van der Waals surface area (Å²) in [6.07, 6.45) is -3.00. The predicted octanol–water partition coefficient (Wildman–Crippen LogP) is 4.50. The molecule has 1 aromatic carbocycles. The molecule has 4 aromatic rings. The van der Waals surface area contributed by atoms with Gasteiger partial charge in [0.15, 0.2) is 5.15 Å². The number of aryl methyl sites for hydroxylation is 1. The highest BCUT2D eigenvalue weighted by Gasteiger charge is 2.31. The lowest BCUT2D eigenvalue weighted by atomic mass is 10.1. The van der Waals surface area contributed by atoms with Crippen LogP contribution in [0.25, 0.3) is 21.9 Å². The van der Waals surface area contributed by atoms with E-state index in [1.54, 1.807) is 24.3 Å². The first kappa shape index (κ1) is 23.9. The van der Waals surface area contributed by atoms with Gasteiger partial charge in [-0.3, -0.25) is 9.78 Å². The fraction of sp³-hybridized carbons (Fsp3) is 0.304. The molecule has 0 aliphatic heterocycles. The Hall–Kier alpha value is -3.24. The molecule has 0 saturated carbocycles. The fourth-order valence-electron chi connectivity index (χ4n) is 3.78. The molecule has 0 saturated heterocycles. The lowest BCUT2D eigenvalue weighted by molar-refractivity contribution is -0.139. The molecular formula is C23H22ClF3N6O. The summed E-state index contributed by atoms with van der Waals surface area (Å²) in [7, 11) is 3.81. The van der Waals surface area contributed by atoms with Gasteiger partial charge in [0.05, 0.1) is 17.6 Å². The zero-order valence-corrected chi connectivity index (χ0v) is 19.5. The van der Waals surface area contributed by atoms with E-state index in [9.17, 15) is 18.0 Å². The van der Waals surface area contributed by atoms with E-state index in [1.807, 2.05) is 32.0 Å². The van der Waals surface area contributed by atoms with Crippen molar-refractivity contribution in [2.24, 2.45) is 0 Å². The Bertz CT molecular complexity index is 1370. The minimum atomic E-state index is -4.46. The van der Waals surface area contributed by atoms with Crippen LogP contribution in [0, 0.1) is 6.92 Å². The van der Waals surface area contributed by atoms with Gasteiger partial charge in [-0.1, -0.05) is 17.7 Å². The maximum Gasteiger partial charge on any atom is 0.406 e. The van der Waals surface area contributed by atoms with Gasteiger partial charge in [0, 0.05) is 23.8 Å². The van der Waals surface area contributed by atoms with E-state index >= 15 is 0 Å². The molecule has 34 heavy (non-hydrogen) atoms. The first-order valence-electron chi connectivity index (χ1n) is 10.4. The van der Waals surface area contributed by atoms with E-state index in [2.05, 4.69) is 20.3 Å². The number of hydrogen-bond acceptors (Lipinski definition) is 5. The Balaban J connectivity index is 1.76. The van der Waals surface area contributed by atoms with E-state index in [0.29, 0.717) is 28.5 Å². The van der Waals surface area contributed by atoms with Crippen molar-refractivity contribution in [3.63, 3.8) is 0 Å². The van der Waals surface area contributed by atoms with Gasteiger partial charge in [-0.05, 0) is 50.8 Å². The zero-order valence-electron chi connectivity index (χ0n) is 18.7. The van der Waals surface area contributed by atoms with E-state index in [-0.39, 0.29) is 28.9 Å². The van der Waals surface area contributed by atoms with Gasteiger partial charge in [0.2, 0.25) is 0 Å². The molecule has 7 nitrogen and oxygen atoms in total. The van der Waals surface area contributed by atoms with Crippen molar-refractivity contribution in [3.8, 4) is 0 Å². The van der Waals surface area contributed by atoms with Gasteiger partial charge >= 0.3 is 6.18 Å². The topological polar surface area (TPSA) is 75.9 Å². The van der Waals surface area contributed by atoms with Crippen LogP contribution >= 0.6 is 11.6 Å². The highest BCUT2D eigenvalue weighted by atomic mass is 35.5. The van der Waals surface area contributed by atoms with Crippen LogP contribution in [-0.2, 0) is 19.6 Å². The average molecular weight is 491 g/mol. The second kappa shape index (κ2) is 9.19. The van der Waals surface area contributed by atoms with E-state index in [4.69, 9.17) is 11.6 Å². The van der Waals surface area contributed by atoms with Crippen molar-refractivity contribution >= 4 is 39.4 Å². The van der Waals surface area contributed by atoms with Crippen LogP contribution in [0.15, 0.2) is 36.5 Å². The number of nitrogens with one attached hydrogen (secondary N) is 1. The molecule has 4 rings (SSSR count). The lowest BCUT2D eigenvalue weighted by Gasteiger charge is -2.12. The van der Waals surface area contributed by atoms with Crippen molar-refractivity contribution < 1.29 is 18.0 Å². The normalized spacial score (nSPS) is 12.1. The second-order valence-electron chi connectivity index (χ2n) is 8.29. The van der Waals surface area contributed by atoms with Crippen molar-refractivity contribution in [2.75, 3.05) is 14.1 Å². The van der Waals surface area contributed by atoms with Crippen LogP contribution in [0.5, 0.6) is 0 Å². The molecule has 11 heteroatoms. The van der Waals surface area contributed by atoms with Crippen LogP contribution in [0.2, 0.25) is 5.15 Å². The molecule has 0 spiro atoms. The molecule has 1 N–H and O–H groups in total. The Morgan fingerprint density at radius 2 is 1.94 bits per heavy atom. The maximum absolute atomic E-state index is 13.4. The summed E-state index contributed by atoms with van der Waals surface area (Å²) in [4.78, 5) is 27.1. The summed E-state index contributed by atoms with van der Waals surface area (Å²) < 4.78 is 41.2. The van der Waals surface area contributed by atoms with Crippen molar-refractivity contribution in [1.82, 2.24) is 29.7 Å². The van der Waals surface area contributed by atoms with Crippen LogP contribution in [0.1, 0.15) is 27.4 Å². The quantitative estimate of drug-likeness (QED) is 0.403. The first-order chi connectivity index (χ1) is 16.0. The Morgan fingerprint density at radius 1 is 1.18 bits per heavy atom. The molecule has 0 atom stereocenters. The molecule has 0 unspecified atom stereocenters. The number of rotatable bonds is 6. The number of carbonyl (C=O) groups is 1. The van der Waals surface area contributed by atoms with E-state index < -0.39 is 12.7 Å². The SMILES string of the molecule is Cc1ccc(C(=O)NCc2nc(Cl)c3c(n2)c2cc(CN(C)C)ccc2n3CC(F)(F)F)cn1. The number of carbonyl (C=O) groups excluding carboxylic acids is 1. The number of benzene rings is 1. The molecule has 0 aliphatic carbocycles. The average Bonchev–Trinajstić information content (AvgIpc) is 3.04. The van der Waals surface area contributed by atoms with Crippen molar-refractivity contribution in [1.29, 1.82) is 0 Å². The number of aromatic nitrogens is 4. The third kappa shape index (κ3) is 5.13. The number of hydrogen-bond donors (Lipinski definition) is 1. The van der Waals surface area contributed by atoms with Crippen molar-refractivity contribution in [2.45, 2.75) is 32.7 Å². The molecule has 1 amide bonds. The highest BCUT2D eigenvalue weighted by Crippen LogP contribution is 2.34. The van der Waals surface area contributed by atoms with Gasteiger partial charge in [-0.15, -0.1) is 0 Å². The van der Waals surface area contributed by atoms with Crippen LogP contribution in [0.4, 0.5) is 13.2 Å². The van der Waals surface area contributed by atoms with Crippen LogP contribution in [0.3, 0.4) is 0 Å². The monoisotopic (exact) mass is 490 g/mol. The zero-order chi connectivity index (χ0) is 24.6. The summed E-state index contributed by atoms with van der Waals surface area (Å²) >= 11 is 6.37. The van der Waals surface area contributed by atoms with E-state index in [0.717, 1.165) is 15.8 Å². The molecule has 0 radical (unpaired) electrons. The minimum absolute atomic E-state index is 0.0499. The molecule has 3 heterocycles. The number of alkyl halides is 3. The van der Waals surface area contributed by atoms with Crippen molar-refractivity contribution in [3.05, 3.63) is 64.3 Å². The molecule has 0 bridgehead atoms. The number of pyridine rings is 1. The summed E-state index contributed by atoms with van der Waals surface area (Å²) in [6, 6.07) is 8.60.